The van der Waals surface area contributed by atoms with E-state index in [1.165, 1.54) is 11.1 Å². The van der Waals surface area contributed by atoms with Gasteiger partial charge in [-0.25, -0.2) is 0 Å². The summed E-state index contributed by atoms with van der Waals surface area (Å²) < 4.78 is 5.86. The van der Waals surface area contributed by atoms with Gasteiger partial charge >= 0.3 is 0 Å². The summed E-state index contributed by atoms with van der Waals surface area (Å²) in [5.74, 6) is 0.921. The molecule has 0 radical (unpaired) electrons. The van der Waals surface area contributed by atoms with E-state index in [0.717, 1.165) is 16.9 Å². The van der Waals surface area contributed by atoms with E-state index in [2.05, 4.69) is 44.2 Å². The van der Waals surface area contributed by atoms with E-state index in [4.69, 9.17) is 10.5 Å². The Bertz CT molecular complexity index is 544. The fourth-order valence-corrected chi connectivity index (χ4v) is 1.96. The predicted molar refractivity (Wildman–Crippen MR) is 79.3 cm³/mol. The minimum Gasteiger partial charge on any atom is -0.489 e. The van der Waals surface area contributed by atoms with Crippen LogP contribution >= 0.6 is 0 Å². The van der Waals surface area contributed by atoms with E-state index in [1.807, 2.05) is 19.1 Å². The maximum absolute atomic E-state index is 5.87. The largest absolute Gasteiger partial charge is 0.489 e. The molecule has 0 aliphatic heterocycles. The number of rotatable bonds is 4. The van der Waals surface area contributed by atoms with Gasteiger partial charge in [-0.15, -0.1) is 0 Å². The molecule has 0 fully saturated rings. The minimum absolute atomic E-state index is 0.0600. The first kappa shape index (κ1) is 13.6. The van der Waals surface area contributed by atoms with E-state index in [9.17, 15) is 0 Å². The molecule has 2 N–H and O–H groups in total. The van der Waals surface area contributed by atoms with E-state index >= 15 is 0 Å². The molecule has 2 aromatic rings. The van der Waals surface area contributed by atoms with Gasteiger partial charge in [0, 0.05) is 6.04 Å². The highest BCUT2D eigenvalue weighted by Crippen LogP contribution is 2.22. The maximum Gasteiger partial charge on any atom is 0.122 e. The van der Waals surface area contributed by atoms with Crippen molar-refractivity contribution in [2.75, 3.05) is 0 Å². The van der Waals surface area contributed by atoms with Gasteiger partial charge in [0.15, 0.2) is 0 Å². The number of aryl methyl sites for hydroxylation is 2. The van der Waals surface area contributed by atoms with Crippen molar-refractivity contribution in [3.8, 4) is 5.75 Å². The monoisotopic (exact) mass is 255 g/mol. The Hall–Kier alpha value is -1.80. The molecule has 19 heavy (non-hydrogen) atoms. The lowest BCUT2D eigenvalue weighted by Gasteiger charge is -2.12. The molecule has 0 saturated heterocycles. The second kappa shape index (κ2) is 5.89. The van der Waals surface area contributed by atoms with Crippen LogP contribution in [0.3, 0.4) is 0 Å². The van der Waals surface area contributed by atoms with Crippen molar-refractivity contribution >= 4 is 0 Å². The molecule has 0 unspecified atom stereocenters. The van der Waals surface area contributed by atoms with Crippen molar-refractivity contribution in [3.05, 3.63) is 64.7 Å². The molecule has 0 aliphatic carbocycles. The van der Waals surface area contributed by atoms with Gasteiger partial charge < -0.3 is 10.5 Å². The highest BCUT2D eigenvalue weighted by molar-refractivity contribution is 5.37. The SMILES string of the molecule is Cc1ccc(COc2ccc([C@H](C)N)cc2C)cc1. The Labute approximate surface area is 115 Å². The summed E-state index contributed by atoms with van der Waals surface area (Å²) in [6.45, 7) is 6.72. The first-order chi connectivity index (χ1) is 9.06. The topological polar surface area (TPSA) is 35.2 Å². The molecule has 2 nitrogen and oxygen atoms in total. The van der Waals surface area contributed by atoms with Crippen LogP contribution in [0.25, 0.3) is 0 Å². The Morgan fingerprint density at radius 2 is 1.74 bits per heavy atom. The first-order valence-corrected chi connectivity index (χ1v) is 6.61. The molecular weight excluding hydrogens is 234 g/mol. The molecule has 2 aromatic carbocycles. The van der Waals surface area contributed by atoms with E-state index in [-0.39, 0.29) is 6.04 Å². The molecule has 0 heterocycles. The third-order valence-corrected chi connectivity index (χ3v) is 3.24. The fourth-order valence-electron chi connectivity index (χ4n) is 1.96. The summed E-state index contributed by atoms with van der Waals surface area (Å²) in [4.78, 5) is 0. The van der Waals surface area contributed by atoms with Crippen molar-refractivity contribution in [1.29, 1.82) is 0 Å². The minimum atomic E-state index is 0.0600. The summed E-state index contributed by atoms with van der Waals surface area (Å²) >= 11 is 0. The van der Waals surface area contributed by atoms with Gasteiger partial charge in [0.1, 0.15) is 12.4 Å². The number of ether oxygens (including phenoxy) is 1. The number of benzene rings is 2. The molecule has 1 atom stereocenters. The standard InChI is InChI=1S/C17H21NO/c1-12-4-6-15(7-5-12)11-19-17-9-8-16(14(3)18)10-13(17)2/h4-10,14H,11,18H2,1-3H3/t14-/m0/s1. The zero-order valence-electron chi connectivity index (χ0n) is 11.8. The third kappa shape index (κ3) is 3.58. The summed E-state index contributed by atoms with van der Waals surface area (Å²) in [5, 5.41) is 0. The van der Waals surface area contributed by atoms with Crippen molar-refractivity contribution in [2.45, 2.75) is 33.4 Å². The lowest BCUT2D eigenvalue weighted by molar-refractivity contribution is 0.304. The molecule has 2 heteroatoms. The summed E-state index contributed by atoms with van der Waals surface area (Å²) in [6.07, 6.45) is 0. The van der Waals surface area contributed by atoms with Crippen LogP contribution in [-0.4, -0.2) is 0 Å². The van der Waals surface area contributed by atoms with Gasteiger partial charge in [-0.1, -0.05) is 42.0 Å². The van der Waals surface area contributed by atoms with Crippen molar-refractivity contribution in [3.63, 3.8) is 0 Å². The Balaban J connectivity index is 2.05. The molecule has 2 rings (SSSR count). The molecule has 0 aliphatic rings. The number of hydrogen-bond donors (Lipinski definition) is 1. The lowest BCUT2D eigenvalue weighted by atomic mass is 10.1. The zero-order valence-corrected chi connectivity index (χ0v) is 11.8. The van der Waals surface area contributed by atoms with Crippen LogP contribution in [0, 0.1) is 13.8 Å². The summed E-state index contributed by atoms with van der Waals surface area (Å²) in [5.41, 5.74) is 10.6. The van der Waals surface area contributed by atoms with Crippen molar-refractivity contribution < 1.29 is 4.74 Å². The molecular formula is C17H21NO. The Morgan fingerprint density at radius 1 is 1.05 bits per heavy atom. The Morgan fingerprint density at radius 3 is 2.32 bits per heavy atom. The zero-order chi connectivity index (χ0) is 13.8. The van der Waals surface area contributed by atoms with Gasteiger partial charge in [0.25, 0.3) is 0 Å². The average molecular weight is 255 g/mol. The summed E-state index contributed by atoms with van der Waals surface area (Å²) in [6, 6.07) is 14.6. The van der Waals surface area contributed by atoms with Crippen molar-refractivity contribution in [2.24, 2.45) is 5.73 Å². The second-order valence-electron chi connectivity index (χ2n) is 5.09. The van der Waals surface area contributed by atoms with E-state index in [0.29, 0.717) is 6.61 Å². The van der Waals surface area contributed by atoms with E-state index in [1.54, 1.807) is 0 Å². The van der Waals surface area contributed by atoms with Gasteiger partial charge in [-0.2, -0.15) is 0 Å². The van der Waals surface area contributed by atoms with Crippen LogP contribution in [0.2, 0.25) is 0 Å². The highest BCUT2D eigenvalue weighted by Gasteiger charge is 2.04. The maximum atomic E-state index is 5.87. The van der Waals surface area contributed by atoms with Crippen molar-refractivity contribution in [1.82, 2.24) is 0 Å². The van der Waals surface area contributed by atoms with Gasteiger partial charge in [0.2, 0.25) is 0 Å². The van der Waals surface area contributed by atoms with Crippen LogP contribution in [0.4, 0.5) is 0 Å². The molecule has 0 saturated carbocycles. The normalized spacial score (nSPS) is 12.2. The van der Waals surface area contributed by atoms with Gasteiger partial charge in [-0.05, 0) is 43.5 Å². The van der Waals surface area contributed by atoms with E-state index < -0.39 is 0 Å². The lowest BCUT2D eigenvalue weighted by Crippen LogP contribution is -2.05. The molecule has 0 aromatic heterocycles. The van der Waals surface area contributed by atoms with Crippen LogP contribution in [0.15, 0.2) is 42.5 Å². The third-order valence-electron chi connectivity index (χ3n) is 3.24. The molecule has 100 valence electrons. The molecule has 0 bridgehead atoms. The van der Waals surface area contributed by atoms with Gasteiger partial charge in [0.05, 0.1) is 0 Å². The predicted octanol–water partition coefficient (Wildman–Crippen LogP) is 3.90. The van der Waals surface area contributed by atoms with Gasteiger partial charge in [-0.3, -0.25) is 0 Å². The number of nitrogens with two attached hydrogens (primary N) is 1. The average Bonchev–Trinajstić information content (AvgIpc) is 2.39. The first-order valence-electron chi connectivity index (χ1n) is 6.61. The van der Waals surface area contributed by atoms with Crippen LogP contribution in [0.5, 0.6) is 5.75 Å². The highest BCUT2D eigenvalue weighted by atomic mass is 16.5. The van der Waals surface area contributed by atoms with Crippen LogP contribution in [0.1, 0.15) is 35.2 Å². The molecule has 0 spiro atoms. The molecule has 0 amide bonds. The summed E-state index contributed by atoms with van der Waals surface area (Å²) in [7, 11) is 0. The second-order valence-corrected chi connectivity index (χ2v) is 5.09. The number of hydrogen-bond acceptors (Lipinski definition) is 2. The quantitative estimate of drug-likeness (QED) is 0.899. The Kier molecular flexibility index (Phi) is 4.23. The fraction of sp³-hybridized carbons (Fsp3) is 0.294. The van der Waals surface area contributed by atoms with Crippen LogP contribution in [-0.2, 0) is 6.61 Å². The van der Waals surface area contributed by atoms with Crippen LogP contribution < -0.4 is 10.5 Å². The smallest absolute Gasteiger partial charge is 0.122 e.